The highest BCUT2D eigenvalue weighted by atomic mass is 16.5. The van der Waals surface area contributed by atoms with Gasteiger partial charge >= 0.3 is 0 Å². The molecular weight excluding hydrogens is 388 g/mol. The molecule has 0 aromatic heterocycles. The van der Waals surface area contributed by atoms with Crippen molar-refractivity contribution in [3.05, 3.63) is 54.1 Å². The van der Waals surface area contributed by atoms with E-state index >= 15 is 0 Å². The van der Waals surface area contributed by atoms with Gasteiger partial charge in [-0.1, -0.05) is 37.1 Å². The first-order valence-corrected chi connectivity index (χ1v) is 11.6. The van der Waals surface area contributed by atoms with Crippen LogP contribution in [0, 0.1) is 5.92 Å². The predicted octanol–water partition coefficient (Wildman–Crippen LogP) is 3.99. The number of rotatable bonds is 7. The molecule has 2 unspecified atom stereocenters. The Kier molecular flexibility index (Phi) is 7.03. The van der Waals surface area contributed by atoms with Gasteiger partial charge in [0.1, 0.15) is 11.5 Å². The van der Waals surface area contributed by atoms with Crippen molar-refractivity contribution in [1.82, 2.24) is 4.90 Å². The summed E-state index contributed by atoms with van der Waals surface area (Å²) in [7, 11) is 3.43. The maximum atomic E-state index is 11.7. The van der Waals surface area contributed by atoms with Crippen LogP contribution in [0.1, 0.15) is 31.2 Å². The fourth-order valence-corrected chi connectivity index (χ4v) is 5.30. The van der Waals surface area contributed by atoms with Crippen molar-refractivity contribution in [2.24, 2.45) is 5.92 Å². The Morgan fingerprint density at radius 1 is 0.968 bits per heavy atom. The molecule has 4 rings (SSSR count). The molecule has 2 aliphatic rings. The Morgan fingerprint density at radius 2 is 1.77 bits per heavy atom. The lowest BCUT2D eigenvalue weighted by atomic mass is 9.72. The molecule has 1 N–H and O–H groups in total. The molecule has 1 heterocycles. The minimum Gasteiger partial charge on any atom is -0.497 e. The Labute approximate surface area is 186 Å². The molecule has 2 aromatic carbocycles. The van der Waals surface area contributed by atoms with Gasteiger partial charge in [0, 0.05) is 45.1 Å². The number of nitrogens with zero attached hydrogens (tertiary/aromatic N) is 2. The van der Waals surface area contributed by atoms with Gasteiger partial charge in [0.15, 0.2) is 0 Å². The molecule has 0 radical (unpaired) electrons. The zero-order chi connectivity index (χ0) is 21.7. The largest absolute Gasteiger partial charge is 0.497 e. The molecule has 0 amide bonds. The van der Waals surface area contributed by atoms with Crippen molar-refractivity contribution in [2.75, 3.05) is 51.8 Å². The second kappa shape index (κ2) is 9.92. The third-order valence-corrected chi connectivity index (χ3v) is 7.09. The van der Waals surface area contributed by atoms with E-state index in [2.05, 4.69) is 34.1 Å². The molecule has 1 aliphatic carbocycles. The Bertz CT molecular complexity index is 850. The average molecular weight is 425 g/mol. The molecule has 0 spiro atoms. The summed E-state index contributed by atoms with van der Waals surface area (Å²) in [6, 6.07) is 16.4. The van der Waals surface area contributed by atoms with Crippen LogP contribution in [0.3, 0.4) is 0 Å². The highest BCUT2D eigenvalue weighted by Gasteiger charge is 2.40. The topological polar surface area (TPSA) is 45.2 Å². The fourth-order valence-electron chi connectivity index (χ4n) is 5.30. The van der Waals surface area contributed by atoms with Gasteiger partial charge in [-0.15, -0.1) is 0 Å². The second-order valence-corrected chi connectivity index (χ2v) is 9.03. The van der Waals surface area contributed by atoms with Crippen LogP contribution in [0.5, 0.6) is 11.5 Å². The van der Waals surface area contributed by atoms with Crippen molar-refractivity contribution < 1.29 is 14.6 Å². The normalized spacial score (nSPS) is 24.7. The van der Waals surface area contributed by atoms with Crippen molar-refractivity contribution in [3.8, 4) is 11.5 Å². The Morgan fingerprint density at radius 3 is 2.55 bits per heavy atom. The summed E-state index contributed by atoms with van der Waals surface area (Å²) in [6.45, 7) is 4.98. The van der Waals surface area contributed by atoms with Crippen molar-refractivity contribution in [3.63, 3.8) is 0 Å². The van der Waals surface area contributed by atoms with Gasteiger partial charge < -0.3 is 19.5 Å². The summed E-state index contributed by atoms with van der Waals surface area (Å²) < 4.78 is 10.9. The molecule has 31 heavy (non-hydrogen) atoms. The lowest BCUT2D eigenvalue weighted by Gasteiger charge is -2.44. The van der Waals surface area contributed by atoms with Crippen LogP contribution in [0.4, 0.5) is 5.69 Å². The molecule has 2 atom stereocenters. The number of anilines is 1. The number of aliphatic hydroxyl groups is 1. The summed E-state index contributed by atoms with van der Waals surface area (Å²) in [6.07, 6.45) is 5.02. The van der Waals surface area contributed by atoms with Gasteiger partial charge in [-0.3, -0.25) is 4.90 Å². The van der Waals surface area contributed by atoms with Gasteiger partial charge in [-0.05, 0) is 42.7 Å². The summed E-state index contributed by atoms with van der Waals surface area (Å²) in [5.74, 6) is 2.11. The molecule has 168 valence electrons. The molecule has 2 fully saturated rings. The first kappa shape index (κ1) is 22.0. The number of piperazine rings is 1. The van der Waals surface area contributed by atoms with Crippen LogP contribution in [0.25, 0.3) is 0 Å². The smallest absolute Gasteiger partial charge is 0.142 e. The highest BCUT2D eigenvalue weighted by molar-refractivity contribution is 5.58. The van der Waals surface area contributed by atoms with E-state index in [0.29, 0.717) is 12.3 Å². The van der Waals surface area contributed by atoms with E-state index in [1.54, 1.807) is 14.2 Å². The van der Waals surface area contributed by atoms with Gasteiger partial charge in [-0.2, -0.15) is 0 Å². The van der Waals surface area contributed by atoms with Crippen molar-refractivity contribution in [2.45, 2.75) is 37.7 Å². The number of benzene rings is 2. The minimum absolute atomic E-state index is 0.310. The van der Waals surface area contributed by atoms with E-state index in [4.69, 9.17) is 9.47 Å². The van der Waals surface area contributed by atoms with Crippen LogP contribution in [0.15, 0.2) is 48.5 Å². The van der Waals surface area contributed by atoms with E-state index in [1.165, 1.54) is 12.1 Å². The molecule has 1 saturated heterocycles. The van der Waals surface area contributed by atoms with Crippen LogP contribution >= 0.6 is 0 Å². The maximum absolute atomic E-state index is 11.7. The average Bonchev–Trinajstić information content (AvgIpc) is 2.81. The van der Waals surface area contributed by atoms with Crippen LogP contribution < -0.4 is 14.4 Å². The third kappa shape index (κ3) is 5.16. The molecule has 2 aromatic rings. The first-order valence-electron chi connectivity index (χ1n) is 11.6. The lowest BCUT2D eigenvalue weighted by molar-refractivity contribution is -0.0595. The molecule has 5 heteroatoms. The molecular formula is C26H36N2O3. The van der Waals surface area contributed by atoms with Gasteiger partial charge in [0.05, 0.1) is 25.5 Å². The SMILES string of the molecule is COc1cccc(CC2(O)CCCCC2CN2CCN(c3ccccc3OC)CC2)c1. The minimum atomic E-state index is -0.635. The highest BCUT2D eigenvalue weighted by Crippen LogP contribution is 2.38. The van der Waals surface area contributed by atoms with E-state index in [-0.39, 0.29) is 0 Å². The molecule has 1 saturated carbocycles. The lowest BCUT2D eigenvalue weighted by Crippen LogP contribution is -2.52. The summed E-state index contributed by atoms with van der Waals surface area (Å²) in [4.78, 5) is 4.96. The molecule has 0 bridgehead atoms. The van der Waals surface area contributed by atoms with Crippen LogP contribution in [0.2, 0.25) is 0 Å². The maximum Gasteiger partial charge on any atom is 0.142 e. The van der Waals surface area contributed by atoms with E-state index in [1.807, 2.05) is 24.3 Å². The first-order chi connectivity index (χ1) is 15.1. The third-order valence-electron chi connectivity index (χ3n) is 7.09. The van der Waals surface area contributed by atoms with E-state index in [9.17, 15) is 5.11 Å². The second-order valence-electron chi connectivity index (χ2n) is 9.03. The number of hydrogen-bond acceptors (Lipinski definition) is 5. The Balaban J connectivity index is 1.38. The van der Waals surface area contributed by atoms with E-state index < -0.39 is 5.60 Å². The molecule has 5 nitrogen and oxygen atoms in total. The summed E-state index contributed by atoms with van der Waals surface area (Å²) in [5, 5.41) is 11.7. The van der Waals surface area contributed by atoms with Crippen molar-refractivity contribution >= 4 is 5.69 Å². The number of hydrogen-bond donors (Lipinski definition) is 1. The summed E-state index contributed by atoms with van der Waals surface area (Å²) >= 11 is 0. The molecule has 1 aliphatic heterocycles. The zero-order valence-corrected chi connectivity index (χ0v) is 18.9. The van der Waals surface area contributed by atoms with Gasteiger partial charge in [0.2, 0.25) is 0 Å². The zero-order valence-electron chi connectivity index (χ0n) is 18.9. The van der Waals surface area contributed by atoms with Crippen molar-refractivity contribution in [1.29, 1.82) is 0 Å². The fraction of sp³-hybridized carbons (Fsp3) is 0.538. The van der Waals surface area contributed by atoms with Crippen LogP contribution in [-0.2, 0) is 6.42 Å². The number of methoxy groups -OCH3 is 2. The van der Waals surface area contributed by atoms with Crippen LogP contribution in [-0.4, -0.2) is 62.6 Å². The predicted molar refractivity (Wildman–Crippen MR) is 125 cm³/mol. The monoisotopic (exact) mass is 424 g/mol. The Hall–Kier alpha value is -2.24. The number of ether oxygens (including phenoxy) is 2. The van der Waals surface area contributed by atoms with E-state index in [0.717, 1.165) is 69.0 Å². The van der Waals surface area contributed by atoms with Gasteiger partial charge in [0.25, 0.3) is 0 Å². The quantitative estimate of drug-likeness (QED) is 0.728. The summed E-state index contributed by atoms with van der Waals surface area (Å²) in [5.41, 5.74) is 1.70. The standard InChI is InChI=1S/C26H36N2O3/c1-30-23-10-7-8-21(18-23)19-26(29)13-6-5-9-22(26)20-27-14-16-28(17-15-27)24-11-3-4-12-25(24)31-2/h3-4,7-8,10-12,18,22,29H,5-6,9,13-17,19-20H2,1-2H3. The number of para-hydroxylation sites is 2. The van der Waals surface area contributed by atoms with Gasteiger partial charge in [-0.25, -0.2) is 0 Å².